The molecule has 2 atom stereocenters. The van der Waals surface area contributed by atoms with E-state index in [4.69, 9.17) is 20.5 Å². The van der Waals surface area contributed by atoms with Crippen LogP contribution < -0.4 is 15.2 Å². The van der Waals surface area contributed by atoms with Gasteiger partial charge in [0, 0.05) is 6.04 Å². The molecule has 2 N–H and O–H groups in total. The molecule has 0 saturated heterocycles. The van der Waals surface area contributed by atoms with Crippen molar-refractivity contribution in [3.63, 3.8) is 0 Å². The molecule has 0 aliphatic carbocycles. The van der Waals surface area contributed by atoms with Gasteiger partial charge in [-0.3, -0.25) is 0 Å². The summed E-state index contributed by atoms with van der Waals surface area (Å²) in [6.07, 6.45) is 0.209. The summed E-state index contributed by atoms with van der Waals surface area (Å²) in [6.45, 7) is 3.64. The van der Waals surface area contributed by atoms with Gasteiger partial charge >= 0.3 is 0 Å². The van der Waals surface area contributed by atoms with Gasteiger partial charge in [0.2, 0.25) is 0 Å². The van der Waals surface area contributed by atoms with E-state index in [1.54, 1.807) is 14.0 Å². The van der Waals surface area contributed by atoms with Gasteiger partial charge in [-0.25, -0.2) is 0 Å². The summed E-state index contributed by atoms with van der Waals surface area (Å²) in [7, 11) is 1.61. The average molecular weight is 234 g/mol. The predicted molar refractivity (Wildman–Crippen MR) is 66.1 cm³/mol. The van der Waals surface area contributed by atoms with Gasteiger partial charge in [-0.15, -0.1) is 0 Å². The molecule has 0 amide bonds. The first-order valence-electron chi connectivity index (χ1n) is 5.55. The van der Waals surface area contributed by atoms with E-state index in [1.165, 1.54) is 0 Å². The van der Waals surface area contributed by atoms with Crippen molar-refractivity contribution < 1.29 is 9.47 Å². The summed E-state index contributed by atoms with van der Waals surface area (Å²) in [5.74, 6) is 1.45. The lowest BCUT2D eigenvalue weighted by atomic mass is 10.1. The second kappa shape index (κ2) is 6.12. The van der Waals surface area contributed by atoms with Gasteiger partial charge in [-0.2, -0.15) is 5.26 Å². The van der Waals surface area contributed by atoms with E-state index in [0.29, 0.717) is 12.2 Å². The largest absolute Gasteiger partial charge is 0.497 e. The molecule has 1 rings (SSSR count). The highest BCUT2D eigenvalue weighted by Gasteiger charge is 2.10. The summed E-state index contributed by atoms with van der Waals surface area (Å²) >= 11 is 0. The van der Waals surface area contributed by atoms with Crippen molar-refractivity contribution in [2.24, 2.45) is 5.73 Å². The van der Waals surface area contributed by atoms with E-state index in [9.17, 15) is 0 Å². The summed E-state index contributed by atoms with van der Waals surface area (Å²) in [5, 5.41) is 8.75. The Morgan fingerprint density at radius 3 is 2.65 bits per heavy atom. The van der Waals surface area contributed by atoms with Crippen LogP contribution in [-0.2, 0) is 6.42 Å². The lowest BCUT2D eigenvalue weighted by molar-refractivity contribution is 0.272. The zero-order chi connectivity index (χ0) is 12.8. The van der Waals surface area contributed by atoms with Crippen LogP contribution in [0.25, 0.3) is 0 Å². The molecule has 1 aromatic carbocycles. The van der Waals surface area contributed by atoms with E-state index in [1.807, 2.05) is 31.2 Å². The van der Waals surface area contributed by atoms with E-state index in [0.717, 1.165) is 11.3 Å². The first kappa shape index (κ1) is 13.3. The molecular formula is C13H18N2O2. The molecule has 0 heterocycles. The molecule has 0 bridgehead atoms. The molecule has 0 saturated carbocycles. The average Bonchev–Trinajstić information content (AvgIpc) is 2.30. The fraction of sp³-hybridized carbons (Fsp3) is 0.462. The standard InChI is InChI=1S/C13H18N2O2/c1-9(15)6-11-7-12(16-3)4-5-13(11)17-10(2)8-14/h4-5,7,9-10H,6,15H2,1-3H3. The molecule has 1 aromatic rings. The zero-order valence-corrected chi connectivity index (χ0v) is 10.4. The number of hydrogen-bond donors (Lipinski definition) is 1. The van der Waals surface area contributed by atoms with Crippen LogP contribution in [0.1, 0.15) is 19.4 Å². The van der Waals surface area contributed by atoms with Gasteiger partial charge in [0.25, 0.3) is 0 Å². The number of nitrogens with zero attached hydrogens (tertiary/aromatic N) is 1. The highest BCUT2D eigenvalue weighted by Crippen LogP contribution is 2.26. The van der Waals surface area contributed by atoms with Crippen molar-refractivity contribution in [2.75, 3.05) is 7.11 Å². The number of methoxy groups -OCH3 is 1. The molecule has 0 aromatic heterocycles. The number of nitrogens with two attached hydrogens (primary N) is 1. The Hall–Kier alpha value is -1.73. The highest BCUT2D eigenvalue weighted by molar-refractivity contribution is 5.41. The molecule has 4 heteroatoms. The van der Waals surface area contributed by atoms with Gasteiger partial charge in [0.05, 0.1) is 7.11 Å². The summed E-state index contributed by atoms with van der Waals surface area (Å²) in [5.41, 5.74) is 6.75. The second-order valence-corrected chi connectivity index (χ2v) is 4.04. The van der Waals surface area contributed by atoms with Gasteiger partial charge in [-0.1, -0.05) is 0 Å². The van der Waals surface area contributed by atoms with Crippen LogP contribution in [0.3, 0.4) is 0 Å². The third-order valence-electron chi connectivity index (χ3n) is 2.30. The second-order valence-electron chi connectivity index (χ2n) is 4.04. The SMILES string of the molecule is COc1ccc(OC(C)C#N)c(CC(C)N)c1. The number of ether oxygens (including phenoxy) is 2. The lowest BCUT2D eigenvalue weighted by Gasteiger charge is -2.15. The van der Waals surface area contributed by atoms with Gasteiger partial charge < -0.3 is 15.2 Å². The van der Waals surface area contributed by atoms with Crippen LogP contribution in [0.5, 0.6) is 11.5 Å². The van der Waals surface area contributed by atoms with Crippen LogP contribution >= 0.6 is 0 Å². The van der Waals surface area contributed by atoms with Crippen LogP contribution in [0, 0.1) is 11.3 Å². The van der Waals surface area contributed by atoms with Crippen molar-refractivity contribution in [1.29, 1.82) is 5.26 Å². The molecule has 0 aliphatic rings. The van der Waals surface area contributed by atoms with Gasteiger partial charge in [-0.05, 0) is 44.0 Å². The van der Waals surface area contributed by atoms with Crippen molar-refractivity contribution in [2.45, 2.75) is 32.4 Å². The molecule has 92 valence electrons. The molecule has 0 fully saturated rings. The minimum absolute atomic E-state index is 0.0295. The topological polar surface area (TPSA) is 68.3 Å². The normalized spacial score (nSPS) is 13.6. The van der Waals surface area contributed by atoms with Gasteiger partial charge in [0.1, 0.15) is 17.6 Å². The Morgan fingerprint density at radius 1 is 1.41 bits per heavy atom. The molecule has 0 aliphatic heterocycles. The zero-order valence-electron chi connectivity index (χ0n) is 10.4. The van der Waals surface area contributed by atoms with Crippen LogP contribution in [0.15, 0.2) is 18.2 Å². The van der Waals surface area contributed by atoms with Crippen molar-refractivity contribution in [1.82, 2.24) is 0 Å². The van der Waals surface area contributed by atoms with Crippen LogP contribution in [0.4, 0.5) is 0 Å². The summed E-state index contributed by atoms with van der Waals surface area (Å²) in [6, 6.07) is 7.58. The van der Waals surface area contributed by atoms with E-state index in [2.05, 4.69) is 0 Å². The molecule has 17 heavy (non-hydrogen) atoms. The quantitative estimate of drug-likeness (QED) is 0.844. The number of rotatable bonds is 5. The Bertz CT molecular complexity index is 410. The van der Waals surface area contributed by atoms with Crippen molar-refractivity contribution >= 4 is 0 Å². The Balaban J connectivity index is 2.98. The maximum Gasteiger partial charge on any atom is 0.181 e. The van der Waals surface area contributed by atoms with Gasteiger partial charge in [0.15, 0.2) is 6.10 Å². The van der Waals surface area contributed by atoms with Crippen molar-refractivity contribution in [3.8, 4) is 17.6 Å². The summed E-state index contributed by atoms with van der Waals surface area (Å²) < 4.78 is 10.7. The third kappa shape index (κ3) is 3.97. The molecule has 0 spiro atoms. The molecular weight excluding hydrogens is 216 g/mol. The number of hydrogen-bond acceptors (Lipinski definition) is 4. The monoisotopic (exact) mass is 234 g/mol. The first-order chi connectivity index (χ1) is 8.06. The maximum atomic E-state index is 8.75. The minimum atomic E-state index is -0.477. The Morgan fingerprint density at radius 2 is 2.12 bits per heavy atom. The highest BCUT2D eigenvalue weighted by atomic mass is 16.5. The third-order valence-corrected chi connectivity index (χ3v) is 2.30. The van der Waals surface area contributed by atoms with E-state index < -0.39 is 6.10 Å². The van der Waals surface area contributed by atoms with E-state index in [-0.39, 0.29) is 6.04 Å². The maximum absolute atomic E-state index is 8.75. The Kier molecular flexibility index (Phi) is 4.80. The van der Waals surface area contributed by atoms with Crippen molar-refractivity contribution in [3.05, 3.63) is 23.8 Å². The first-order valence-corrected chi connectivity index (χ1v) is 5.55. The molecule has 4 nitrogen and oxygen atoms in total. The smallest absolute Gasteiger partial charge is 0.181 e. The summed E-state index contributed by atoms with van der Waals surface area (Å²) in [4.78, 5) is 0. The van der Waals surface area contributed by atoms with Crippen LogP contribution in [0.2, 0.25) is 0 Å². The molecule has 0 radical (unpaired) electrons. The van der Waals surface area contributed by atoms with E-state index >= 15 is 0 Å². The Labute approximate surface area is 102 Å². The fourth-order valence-corrected chi connectivity index (χ4v) is 1.52. The predicted octanol–water partition coefficient (Wildman–Crippen LogP) is 1.88. The lowest BCUT2D eigenvalue weighted by Crippen LogP contribution is -2.19. The fourth-order valence-electron chi connectivity index (χ4n) is 1.52. The van der Waals surface area contributed by atoms with Crippen LogP contribution in [-0.4, -0.2) is 19.3 Å². The molecule has 2 unspecified atom stereocenters. The minimum Gasteiger partial charge on any atom is -0.497 e. The number of benzene rings is 1. The number of nitriles is 1.